The molecule has 154 valence electrons. The normalized spacial score (nSPS) is 13.0. The number of amides is 2. The largest absolute Gasteiger partial charge is 0.378 e. The molecule has 1 aliphatic rings. The highest BCUT2D eigenvalue weighted by molar-refractivity contribution is 5.89. The van der Waals surface area contributed by atoms with Gasteiger partial charge in [0.25, 0.3) is 0 Å². The fraction of sp³-hybridized carbons (Fsp3) is 0.400. The predicted molar refractivity (Wildman–Crippen MR) is 108 cm³/mol. The van der Waals surface area contributed by atoms with Crippen molar-refractivity contribution in [3.05, 3.63) is 35.5 Å². The molecule has 0 bridgehead atoms. The molecule has 1 saturated heterocycles. The highest BCUT2D eigenvalue weighted by atomic mass is 16.5. The lowest BCUT2D eigenvalue weighted by molar-refractivity contribution is -0.191. The Labute approximate surface area is 169 Å². The van der Waals surface area contributed by atoms with E-state index in [1.54, 1.807) is 7.05 Å². The quantitative estimate of drug-likeness (QED) is 0.808. The van der Waals surface area contributed by atoms with Crippen LogP contribution in [0.25, 0.3) is 11.4 Å². The number of hydrogen-bond donors (Lipinski definition) is 2. The van der Waals surface area contributed by atoms with Crippen LogP contribution in [0, 0.1) is 6.92 Å². The van der Waals surface area contributed by atoms with E-state index in [2.05, 4.69) is 29.4 Å². The third kappa shape index (κ3) is 5.84. The number of morpholine rings is 1. The van der Waals surface area contributed by atoms with Gasteiger partial charge < -0.3 is 20.3 Å². The van der Waals surface area contributed by atoms with Crippen LogP contribution in [0.4, 0.5) is 16.3 Å². The molecule has 29 heavy (non-hydrogen) atoms. The molecule has 9 nitrogen and oxygen atoms in total. The van der Waals surface area contributed by atoms with Gasteiger partial charge in [0.2, 0.25) is 0 Å². The maximum absolute atomic E-state index is 11.4. The lowest BCUT2D eigenvalue weighted by atomic mass is 10.1. The molecule has 1 aliphatic heterocycles. The molecule has 3 rings (SSSR count). The second-order valence-electron chi connectivity index (χ2n) is 6.26. The maximum atomic E-state index is 11.4. The minimum Gasteiger partial charge on any atom is -0.378 e. The van der Waals surface area contributed by atoms with Gasteiger partial charge in [0, 0.05) is 42.6 Å². The Hall–Kier alpha value is -3.29. The fourth-order valence-corrected chi connectivity index (χ4v) is 3.00. The Bertz CT molecular complexity index is 858. The lowest BCUT2D eigenvalue weighted by Crippen LogP contribution is -2.37. The van der Waals surface area contributed by atoms with Crippen LogP contribution >= 0.6 is 0 Å². The molecule has 9 heteroatoms. The second kappa shape index (κ2) is 10.9. The molecular weight excluding hydrogens is 374 g/mol. The molecule has 2 amide bonds. The van der Waals surface area contributed by atoms with Crippen molar-refractivity contribution in [1.29, 1.82) is 0 Å². The molecule has 2 aromatic rings. The van der Waals surface area contributed by atoms with Gasteiger partial charge in [-0.25, -0.2) is 14.8 Å². The van der Waals surface area contributed by atoms with Crippen molar-refractivity contribution in [3.8, 4) is 11.4 Å². The zero-order valence-corrected chi connectivity index (χ0v) is 16.8. The summed E-state index contributed by atoms with van der Waals surface area (Å²) in [5.41, 5.74) is 3.85. The molecule has 0 unspecified atom stereocenters. The summed E-state index contributed by atoms with van der Waals surface area (Å²) in [5, 5.41) is 5.29. The average Bonchev–Trinajstić information content (AvgIpc) is 2.75. The van der Waals surface area contributed by atoms with E-state index in [0.717, 1.165) is 61.1 Å². The Morgan fingerprint density at radius 1 is 1.17 bits per heavy atom. The Kier molecular flexibility index (Phi) is 8.27. The standard InChI is InChI=1S/C19H25N5O2.CO2/c1-4-16-13(2)18(24-9-11-26-12-10-24)23-17(22-16)14-5-7-15(8-6-14)21-19(25)20-3;2-1-3/h5-8H,4,9-12H2,1-3H3,(H2,20,21,25);. The zero-order chi connectivity index (χ0) is 21.2. The van der Waals surface area contributed by atoms with Gasteiger partial charge in [-0.2, -0.15) is 9.59 Å². The van der Waals surface area contributed by atoms with E-state index in [0.29, 0.717) is 5.82 Å². The van der Waals surface area contributed by atoms with Crippen molar-refractivity contribution in [2.24, 2.45) is 0 Å². The highest BCUT2D eigenvalue weighted by Crippen LogP contribution is 2.26. The van der Waals surface area contributed by atoms with Crippen LogP contribution in [0.15, 0.2) is 24.3 Å². The molecule has 2 N–H and O–H groups in total. The topological polar surface area (TPSA) is 114 Å². The van der Waals surface area contributed by atoms with Gasteiger partial charge in [0.15, 0.2) is 5.82 Å². The van der Waals surface area contributed by atoms with Crippen molar-refractivity contribution in [3.63, 3.8) is 0 Å². The number of carbonyl (C=O) groups excluding carboxylic acids is 3. The van der Waals surface area contributed by atoms with Gasteiger partial charge in [-0.1, -0.05) is 6.92 Å². The Balaban J connectivity index is 0.000000941. The number of rotatable bonds is 4. The number of hydrogen-bond acceptors (Lipinski definition) is 7. The number of aryl methyl sites for hydroxylation is 1. The van der Waals surface area contributed by atoms with E-state index in [-0.39, 0.29) is 12.2 Å². The van der Waals surface area contributed by atoms with Crippen LogP contribution in [-0.2, 0) is 20.7 Å². The molecule has 0 saturated carbocycles. The van der Waals surface area contributed by atoms with Crippen molar-refractivity contribution in [2.75, 3.05) is 43.6 Å². The smallest absolute Gasteiger partial charge is 0.373 e. The second-order valence-corrected chi connectivity index (χ2v) is 6.26. The van der Waals surface area contributed by atoms with Gasteiger partial charge in [-0.15, -0.1) is 0 Å². The summed E-state index contributed by atoms with van der Waals surface area (Å²) in [6.07, 6.45) is 1.11. The van der Waals surface area contributed by atoms with E-state index < -0.39 is 0 Å². The number of aromatic nitrogens is 2. The zero-order valence-electron chi connectivity index (χ0n) is 16.8. The number of urea groups is 1. The first-order chi connectivity index (χ1) is 14.0. The number of nitrogens with zero attached hydrogens (tertiary/aromatic N) is 3. The van der Waals surface area contributed by atoms with Crippen LogP contribution in [0.1, 0.15) is 18.2 Å². The maximum Gasteiger partial charge on any atom is 0.373 e. The van der Waals surface area contributed by atoms with E-state index in [1.807, 2.05) is 24.3 Å². The van der Waals surface area contributed by atoms with Crippen LogP contribution in [0.3, 0.4) is 0 Å². The minimum atomic E-state index is -0.243. The first kappa shape index (κ1) is 22.0. The summed E-state index contributed by atoms with van der Waals surface area (Å²) in [4.78, 5) is 39.5. The number of carbonyl (C=O) groups is 1. The highest BCUT2D eigenvalue weighted by Gasteiger charge is 2.19. The third-order valence-corrected chi connectivity index (χ3v) is 4.49. The predicted octanol–water partition coefficient (Wildman–Crippen LogP) is 2.02. The van der Waals surface area contributed by atoms with Crippen molar-refractivity contribution >= 4 is 23.7 Å². The van der Waals surface area contributed by atoms with E-state index >= 15 is 0 Å². The molecule has 0 radical (unpaired) electrons. The van der Waals surface area contributed by atoms with E-state index in [4.69, 9.17) is 24.3 Å². The van der Waals surface area contributed by atoms with Crippen molar-refractivity contribution in [1.82, 2.24) is 15.3 Å². The number of benzene rings is 1. The summed E-state index contributed by atoms with van der Waals surface area (Å²) in [5.74, 6) is 1.70. The van der Waals surface area contributed by atoms with Crippen LogP contribution in [-0.4, -0.2) is 55.5 Å². The molecule has 0 spiro atoms. The third-order valence-electron chi connectivity index (χ3n) is 4.49. The van der Waals surface area contributed by atoms with Gasteiger partial charge in [-0.05, 0) is 37.6 Å². The fourth-order valence-electron chi connectivity index (χ4n) is 3.00. The SMILES string of the molecule is CCc1nc(-c2ccc(NC(=O)NC)cc2)nc(N2CCOCC2)c1C.O=C=O. The Morgan fingerprint density at radius 3 is 2.34 bits per heavy atom. The molecular formula is C20H25N5O4. The molecule has 1 fully saturated rings. The number of ether oxygens (including phenoxy) is 1. The summed E-state index contributed by atoms with van der Waals surface area (Å²) in [6, 6.07) is 7.32. The van der Waals surface area contributed by atoms with Gasteiger partial charge in [0.05, 0.1) is 13.2 Å². The van der Waals surface area contributed by atoms with Gasteiger partial charge in [-0.3, -0.25) is 0 Å². The summed E-state index contributed by atoms with van der Waals surface area (Å²) in [7, 11) is 1.59. The van der Waals surface area contributed by atoms with Crippen molar-refractivity contribution < 1.29 is 19.1 Å². The van der Waals surface area contributed by atoms with Gasteiger partial charge >= 0.3 is 12.2 Å². The van der Waals surface area contributed by atoms with Crippen LogP contribution in [0.5, 0.6) is 0 Å². The van der Waals surface area contributed by atoms with Gasteiger partial charge in [0.1, 0.15) is 5.82 Å². The molecule has 0 aliphatic carbocycles. The molecule has 1 aromatic heterocycles. The monoisotopic (exact) mass is 399 g/mol. The summed E-state index contributed by atoms with van der Waals surface area (Å²) < 4.78 is 5.46. The summed E-state index contributed by atoms with van der Waals surface area (Å²) >= 11 is 0. The lowest BCUT2D eigenvalue weighted by Gasteiger charge is -2.29. The molecule has 0 atom stereocenters. The number of anilines is 2. The van der Waals surface area contributed by atoms with Crippen LogP contribution < -0.4 is 15.5 Å². The Morgan fingerprint density at radius 2 is 1.79 bits per heavy atom. The first-order valence-electron chi connectivity index (χ1n) is 9.32. The van der Waals surface area contributed by atoms with E-state index in [1.165, 1.54) is 0 Å². The first-order valence-corrected chi connectivity index (χ1v) is 9.32. The number of nitrogens with one attached hydrogen (secondary N) is 2. The van der Waals surface area contributed by atoms with Crippen LogP contribution in [0.2, 0.25) is 0 Å². The summed E-state index contributed by atoms with van der Waals surface area (Å²) in [6.45, 7) is 7.33. The van der Waals surface area contributed by atoms with E-state index in [9.17, 15) is 4.79 Å². The molecule has 2 heterocycles. The van der Waals surface area contributed by atoms with Crippen molar-refractivity contribution in [2.45, 2.75) is 20.3 Å². The average molecular weight is 399 g/mol. The minimum absolute atomic E-state index is 0.243. The molecule has 1 aromatic carbocycles.